The van der Waals surface area contributed by atoms with E-state index in [4.69, 9.17) is 11.6 Å². The van der Waals surface area contributed by atoms with E-state index in [9.17, 15) is 4.79 Å². The van der Waals surface area contributed by atoms with Gasteiger partial charge in [-0.25, -0.2) is 0 Å². The zero-order valence-corrected chi connectivity index (χ0v) is 18.1. The van der Waals surface area contributed by atoms with Crippen molar-refractivity contribution in [3.8, 4) is 0 Å². The van der Waals surface area contributed by atoms with Gasteiger partial charge in [-0.05, 0) is 47.3 Å². The molecule has 146 valence electrons. The molecule has 0 atom stereocenters. The summed E-state index contributed by atoms with van der Waals surface area (Å²) in [6.07, 6.45) is 1.70. The van der Waals surface area contributed by atoms with E-state index in [1.807, 2.05) is 48.8 Å². The SMILES string of the molecule is CN1/C(=C(/C=Nc2ccc(Cl)cc2)C(=O)c2cccs2)C(C)(C)c2ccccc21. The summed E-state index contributed by atoms with van der Waals surface area (Å²) in [6.45, 7) is 4.31. The monoisotopic (exact) mass is 420 g/mol. The van der Waals surface area contributed by atoms with Crippen LogP contribution in [0.1, 0.15) is 29.1 Å². The predicted octanol–water partition coefficient (Wildman–Crippen LogP) is 6.67. The zero-order chi connectivity index (χ0) is 20.6. The van der Waals surface area contributed by atoms with E-state index in [0.717, 1.165) is 17.1 Å². The molecule has 3 nitrogen and oxygen atoms in total. The number of nitrogens with zero attached hydrogens (tertiary/aromatic N) is 2. The molecule has 3 aromatic rings. The maximum atomic E-state index is 13.5. The van der Waals surface area contributed by atoms with Crippen LogP contribution in [0.2, 0.25) is 5.02 Å². The minimum absolute atomic E-state index is 0.0135. The van der Waals surface area contributed by atoms with E-state index in [0.29, 0.717) is 15.5 Å². The average Bonchev–Trinajstić information content (AvgIpc) is 3.31. The van der Waals surface area contributed by atoms with Gasteiger partial charge in [-0.1, -0.05) is 49.7 Å². The van der Waals surface area contributed by atoms with Gasteiger partial charge in [0.2, 0.25) is 5.78 Å². The topological polar surface area (TPSA) is 32.7 Å². The number of hydrogen-bond donors (Lipinski definition) is 0. The third-order valence-corrected chi connectivity index (χ3v) is 6.40. The maximum absolute atomic E-state index is 13.5. The molecule has 0 amide bonds. The third kappa shape index (κ3) is 3.54. The quantitative estimate of drug-likeness (QED) is 0.268. The normalized spacial score (nSPS) is 16.9. The van der Waals surface area contributed by atoms with E-state index < -0.39 is 0 Å². The Balaban J connectivity index is 1.88. The molecule has 2 heterocycles. The predicted molar refractivity (Wildman–Crippen MR) is 123 cm³/mol. The molecule has 1 aliphatic rings. The number of allylic oxidation sites excluding steroid dienone is 2. The lowest BCUT2D eigenvalue weighted by Gasteiger charge is -2.26. The lowest BCUT2D eigenvalue weighted by molar-refractivity contribution is 0.104. The third-order valence-electron chi connectivity index (χ3n) is 5.28. The highest BCUT2D eigenvalue weighted by atomic mass is 35.5. The Kier molecular flexibility index (Phi) is 5.15. The van der Waals surface area contributed by atoms with Crippen molar-refractivity contribution in [3.05, 3.63) is 92.8 Å². The first kappa shape index (κ1) is 19.6. The van der Waals surface area contributed by atoms with Crippen LogP contribution < -0.4 is 4.90 Å². The molecule has 0 spiro atoms. The van der Waals surface area contributed by atoms with Crippen LogP contribution in [-0.4, -0.2) is 19.0 Å². The molecule has 0 saturated carbocycles. The van der Waals surface area contributed by atoms with Crippen LogP contribution >= 0.6 is 22.9 Å². The van der Waals surface area contributed by atoms with Gasteiger partial charge in [0.1, 0.15) is 0 Å². The van der Waals surface area contributed by atoms with E-state index in [2.05, 4.69) is 35.9 Å². The van der Waals surface area contributed by atoms with Crippen molar-refractivity contribution >= 4 is 46.3 Å². The van der Waals surface area contributed by atoms with E-state index in [1.165, 1.54) is 16.9 Å². The molecule has 0 saturated heterocycles. The second-order valence-corrected chi connectivity index (χ2v) is 8.89. The van der Waals surface area contributed by atoms with Gasteiger partial charge in [0.05, 0.1) is 16.1 Å². The van der Waals surface area contributed by atoms with Crippen molar-refractivity contribution in [2.75, 3.05) is 11.9 Å². The Hall–Kier alpha value is -2.69. The van der Waals surface area contributed by atoms with Gasteiger partial charge in [0.25, 0.3) is 0 Å². The van der Waals surface area contributed by atoms with Crippen LogP contribution in [0.4, 0.5) is 11.4 Å². The number of anilines is 1. The number of fused-ring (bicyclic) bond motifs is 1. The van der Waals surface area contributed by atoms with Gasteiger partial charge in [0, 0.05) is 35.1 Å². The molecule has 0 unspecified atom stereocenters. The Labute approximate surface area is 180 Å². The summed E-state index contributed by atoms with van der Waals surface area (Å²) in [5, 5.41) is 2.58. The lowest BCUT2D eigenvalue weighted by atomic mass is 9.81. The molecule has 2 aromatic carbocycles. The highest BCUT2D eigenvalue weighted by Crippen LogP contribution is 2.48. The molecule has 0 bridgehead atoms. The fourth-order valence-electron chi connectivity index (χ4n) is 3.91. The number of halogens is 1. The number of para-hydroxylation sites is 1. The number of carbonyl (C=O) groups excluding carboxylic acids is 1. The molecule has 0 N–H and O–H groups in total. The first-order chi connectivity index (χ1) is 13.9. The number of ketones is 1. The highest BCUT2D eigenvalue weighted by Gasteiger charge is 2.41. The van der Waals surface area contributed by atoms with Gasteiger partial charge in [0.15, 0.2) is 0 Å². The molecule has 1 aromatic heterocycles. The van der Waals surface area contributed by atoms with Gasteiger partial charge in [-0.3, -0.25) is 9.79 Å². The Bertz CT molecular complexity index is 1110. The Morgan fingerprint density at radius 3 is 2.45 bits per heavy atom. The van der Waals surface area contributed by atoms with Crippen LogP contribution in [0.15, 0.2) is 82.3 Å². The smallest absolute Gasteiger partial charge is 0.206 e. The molecule has 0 aliphatic carbocycles. The maximum Gasteiger partial charge on any atom is 0.206 e. The van der Waals surface area contributed by atoms with Gasteiger partial charge >= 0.3 is 0 Å². The van der Waals surface area contributed by atoms with Crippen molar-refractivity contribution in [3.63, 3.8) is 0 Å². The number of hydrogen-bond acceptors (Lipinski definition) is 4. The standard InChI is InChI=1S/C24H21ClN2OS/c1-24(2)19-7-4-5-8-20(19)27(3)23(24)18(22(28)21-9-6-14-29-21)15-26-17-12-10-16(25)11-13-17/h4-15H,1-3H3/b23-18-,26-15?. The second kappa shape index (κ2) is 7.62. The summed E-state index contributed by atoms with van der Waals surface area (Å²) in [5.74, 6) is -0.0135. The number of thiophene rings is 1. The summed E-state index contributed by atoms with van der Waals surface area (Å²) in [6, 6.07) is 19.3. The number of aliphatic imine (C=N–C) groups is 1. The molecule has 4 rings (SSSR count). The summed E-state index contributed by atoms with van der Waals surface area (Å²) in [5.41, 5.74) is 4.31. The summed E-state index contributed by atoms with van der Waals surface area (Å²) in [7, 11) is 2.01. The molecule has 1 aliphatic heterocycles. The number of carbonyl (C=O) groups is 1. The average molecular weight is 421 g/mol. The van der Waals surface area contributed by atoms with E-state index in [-0.39, 0.29) is 11.2 Å². The fourth-order valence-corrected chi connectivity index (χ4v) is 4.72. The fraction of sp³-hybridized carbons (Fsp3) is 0.167. The van der Waals surface area contributed by atoms with Crippen LogP contribution in [0.3, 0.4) is 0 Å². The summed E-state index contributed by atoms with van der Waals surface area (Å²) >= 11 is 7.43. The van der Waals surface area contributed by atoms with Crippen molar-refractivity contribution in [2.45, 2.75) is 19.3 Å². The van der Waals surface area contributed by atoms with Gasteiger partial charge < -0.3 is 4.90 Å². The molecule has 29 heavy (non-hydrogen) atoms. The molecular formula is C24H21ClN2OS. The number of benzene rings is 2. The van der Waals surface area contributed by atoms with E-state index in [1.54, 1.807) is 18.3 Å². The van der Waals surface area contributed by atoms with Crippen molar-refractivity contribution in [1.29, 1.82) is 0 Å². The molecule has 5 heteroatoms. The Morgan fingerprint density at radius 2 is 1.79 bits per heavy atom. The molecule has 0 fully saturated rings. The lowest BCUT2D eigenvalue weighted by Crippen LogP contribution is -2.27. The van der Waals surface area contributed by atoms with Crippen molar-refractivity contribution in [2.24, 2.45) is 4.99 Å². The second-order valence-electron chi connectivity index (χ2n) is 7.50. The van der Waals surface area contributed by atoms with Crippen LogP contribution in [-0.2, 0) is 5.41 Å². The van der Waals surface area contributed by atoms with Gasteiger partial charge in [-0.15, -0.1) is 11.3 Å². The Morgan fingerprint density at radius 1 is 1.07 bits per heavy atom. The first-order valence-electron chi connectivity index (χ1n) is 9.35. The first-order valence-corrected chi connectivity index (χ1v) is 10.6. The van der Waals surface area contributed by atoms with Crippen molar-refractivity contribution < 1.29 is 4.79 Å². The minimum Gasteiger partial charge on any atom is -0.346 e. The highest BCUT2D eigenvalue weighted by molar-refractivity contribution is 7.12. The van der Waals surface area contributed by atoms with Crippen molar-refractivity contribution in [1.82, 2.24) is 0 Å². The largest absolute Gasteiger partial charge is 0.346 e. The van der Waals surface area contributed by atoms with Crippen LogP contribution in [0.25, 0.3) is 0 Å². The number of rotatable bonds is 4. The number of likely N-dealkylation sites (N-methyl/N-ethyl adjacent to an activating group) is 1. The van der Waals surface area contributed by atoms with Crippen LogP contribution in [0.5, 0.6) is 0 Å². The summed E-state index contributed by atoms with van der Waals surface area (Å²) < 4.78 is 0. The zero-order valence-electron chi connectivity index (χ0n) is 16.5. The van der Waals surface area contributed by atoms with E-state index >= 15 is 0 Å². The minimum atomic E-state index is -0.320. The summed E-state index contributed by atoms with van der Waals surface area (Å²) in [4.78, 5) is 20.9. The van der Waals surface area contributed by atoms with Crippen LogP contribution in [0, 0.1) is 0 Å². The number of Topliss-reactive ketones (excluding diaryl/α,β-unsaturated/α-hetero) is 1. The molecule has 0 radical (unpaired) electrons. The van der Waals surface area contributed by atoms with Gasteiger partial charge in [-0.2, -0.15) is 0 Å². The molecular weight excluding hydrogens is 400 g/mol.